The van der Waals surface area contributed by atoms with Crippen molar-refractivity contribution in [2.24, 2.45) is 7.05 Å². The second-order valence-corrected chi connectivity index (χ2v) is 5.63. The van der Waals surface area contributed by atoms with Crippen molar-refractivity contribution in [3.05, 3.63) is 29.8 Å². The largest absolute Gasteiger partial charge is 0.306 e. The molecule has 0 unspecified atom stereocenters. The molecule has 2 aromatic heterocycles. The molecular formula is C13H21N5. The predicted molar refractivity (Wildman–Crippen MR) is 71.7 cm³/mol. The third-order valence-electron chi connectivity index (χ3n) is 2.68. The van der Waals surface area contributed by atoms with Crippen LogP contribution in [0.3, 0.4) is 0 Å². The molecule has 1 N–H and O–H groups in total. The van der Waals surface area contributed by atoms with Gasteiger partial charge in [0.05, 0.1) is 17.6 Å². The maximum Gasteiger partial charge on any atom is 0.105 e. The quantitative estimate of drug-likeness (QED) is 0.899. The molecule has 0 amide bonds. The number of hydrogen-bond donors (Lipinski definition) is 1. The Bertz CT molecular complexity index is 530. The summed E-state index contributed by atoms with van der Waals surface area (Å²) in [6.45, 7) is 9.21. The minimum Gasteiger partial charge on any atom is -0.306 e. The highest BCUT2D eigenvalue weighted by atomic mass is 15.3. The van der Waals surface area contributed by atoms with Crippen molar-refractivity contribution in [2.75, 3.05) is 0 Å². The Morgan fingerprint density at radius 2 is 2.00 bits per heavy atom. The lowest BCUT2D eigenvalue weighted by atomic mass is 10.1. The van der Waals surface area contributed by atoms with E-state index in [1.807, 2.05) is 37.1 Å². The van der Waals surface area contributed by atoms with Crippen LogP contribution in [0, 0.1) is 6.92 Å². The molecule has 0 saturated carbocycles. The van der Waals surface area contributed by atoms with Gasteiger partial charge in [-0.25, -0.2) is 4.68 Å². The summed E-state index contributed by atoms with van der Waals surface area (Å²) in [5.41, 5.74) is 3.15. The van der Waals surface area contributed by atoms with E-state index in [-0.39, 0.29) is 5.54 Å². The Kier molecular flexibility index (Phi) is 3.26. The zero-order valence-electron chi connectivity index (χ0n) is 11.7. The smallest absolute Gasteiger partial charge is 0.105 e. The van der Waals surface area contributed by atoms with Crippen molar-refractivity contribution in [3.63, 3.8) is 0 Å². The van der Waals surface area contributed by atoms with Gasteiger partial charge in [-0.2, -0.15) is 10.2 Å². The number of nitrogens with zero attached hydrogens (tertiary/aromatic N) is 4. The average molecular weight is 247 g/mol. The summed E-state index contributed by atoms with van der Waals surface area (Å²) in [6, 6.07) is 2.03. The molecule has 5 nitrogen and oxygen atoms in total. The van der Waals surface area contributed by atoms with Gasteiger partial charge in [0.1, 0.15) is 5.69 Å². The SMILES string of the molecule is Cc1nn(C)cc1-n1ccc(CNC(C)(C)C)n1. The second-order valence-electron chi connectivity index (χ2n) is 5.63. The molecule has 2 heterocycles. The van der Waals surface area contributed by atoms with Crippen LogP contribution in [-0.2, 0) is 13.6 Å². The summed E-state index contributed by atoms with van der Waals surface area (Å²) < 4.78 is 3.68. The molecule has 0 atom stereocenters. The fourth-order valence-corrected chi connectivity index (χ4v) is 1.76. The first-order valence-electron chi connectivity index (χ1n) is 6.15. The third-order valence-corrected chi connectivity index (χ3v) is 2.68. The van der Waals surface area contributed by atoms with Gasteiger partial charge in [-0.15, -0.1) is 0 Å². The van der Waals surface area contributed by atoms with E-state index < -0.39 is 0 Å². The number of rotatable bonds is 3. The Hall–Kier alpha value is -1.62. The van der Waals surface area contributed by atoms with E-state index in [1.165, 1.54) is 0 Å². The van der Waals surface area contributed by atoms with Crippen molar-refractivity contribution in [2.45, 2.75) is 39.8 Å². The lowest BCUT2D eigenvalue weighted by Crippen LogP contribution is -2.35. The van der Waals surface area contributed by atoms with Crippen LogP contribution in [0.5, 0.6) is 0 Å². The highest BCUT2D eigenvalue weighted by Gasteiger charge is 2.11. The van der Waals surface area contributed by atoms with Crippen molar-refractivity contribution in [1.29, 1.82) is 0 Å². The van der Waals surface area contributed by atoms with Crippen molar-refractivity contribution < 1.29 is 0 Å². The van der Waals surface area contributed by atoms with Gasteiger partial charge in [0.2, 0.25) is 0 Å². The van der Waals surface area contributed by atoms with E-state index in [9.17, 15) is 0 Å². The number of nitrogens with one attached hydrogen (secondary N) is 1. The van der Waals surface area contributed by atoms with Crippen LogP contribution in [0.4, 0.5) is 0 Å². The lowest BCUT2D eigenvalue weighted by molar-refractivity contribution is 0.420. The second kappa shape index (κ2) is 4.57. The van der Waals surface area contributed by atoms with E-state index in [0.717, 1.165) is 23.6 Å². The van der Waals surface area contributed by atoms with Crippen LogP contribution in [0.25, 0.3) is 5.69 Å². The topological polar surface area (TPSA) is 47.7 Å². The highest BCUT2D eigenvalue weighted by molar-refractivity contribution is 5.32. The van der Waals surface area contributed by atoms with Gasteiger partial charge in [0.25, 0.3) is 0 Å². The maximum atomic E-state index is 4.56. The molecule has 5 heteroatoms. The van der Waals surface area contributed by atoms with Gasteiger partial charge in [-0.1, -0.05) is 0 Å². The Morgan fingerprint density at radius 3 is 2.56 bits per heavy atom. The van der Waals surface area contributed by atoms with Gasteiger partial charge in [-0.3, -0.25) is 4.68 Å². The van der Waals surface area contributed by atoms with Gasteiger partial charge in [-0.05, 0) is 33.8 Å². The molecule has 0 spiro atoms. The predicted octanol–water partition coefficient (Wildman–Crippen LogP) is 1.80. The van der Waals surface area contributed by atoms with E-state index in [2.05, 4.69) is 36.3 Å². The monoisotopic (exact) mass is 247 g/mol. The molecule has 0 radical (unpaired) electrons. The van der Waals surface area contributed by atoms with Gasteiger partial charge < -0.3 is 5.32 Å². The summed E-state index contributed by atoms with van der Waals surface area (Å²) in [6.07, 6.45) is 3.95. The third kappa shape index (κ3) is 2.98. The molecule has 0 fully saturated rings. The first kappa shape index (κ1) is 12.8. The fourth-order valence-electron chi connectivity index (χ4n) is 1.76. The van der Waals surface area contributed by atoms with Crippen LogP contribution >= 0.6 is 0 Å². The molecule has 2 rings (SSSR count). The molecule has 98 valence electrons. The van der Waals surface area contributed by atoms with Crippen LogP contribution in [0.2, 0.25) is 0 Å². The van der Waals surface area contributed by atoms with Crippen LogP contribution in [0.1, 0.15) is 32.2 Å². The van der Waals surface area contributed by atoms with Crippen LogP contribution < -0.4 is 5.32 Å². The molecular weight excluding hydrogens is 226 g/mol. The normalized spacial score (nSPS) is 12.1. The summed E-state index contributed by atoms with van der Waals surface area (Å²) in [4.78, 5) is 0. The van der Waals surface area contributed by atoms with Gasteiger partial charge in [0, 0.05) is 25.3 Å². The summed E-state index contributed by atoms with van der Waals surface area (Å²) in [5.74, 6) is 0. The van der Waals surface area contributed by atoms with Crippen LogP contribution in [-0.4, -0.2) is 25.1 Å². The summed E-state index contributed by atoms with van der Waals surface area (Å²) in [7, 11) is 1.92. The molecule has 0 aliphatic heterocycles. The fraction of sp³-hybridized carbons (Fsp3) is 0.538. The highest BCUT2D eigenvalue weighted by Crippen LogP contribution is 2.11. The Morgan fingerprint density at radius 1 is 1.28 bits per heavy atom. The van der Waals surface area contributed by atoms with Gasteiger partial charge in [0.15, 0.2) is 0 Å². The minimum absolute atomic E-state index is 0.105. The van der Waals surface area contributed by atoms with Crippen molar-refractivity contribution in [3.8, 4) is 5.69 Å². The molecule has 0 saturated heterocycles. The molecule has 2 aromatic rings. The van der Waals surface area contributed by atoms with E-state index >= 15 is 0 Å². The Labute approximate surface area is 108 Å². The van der Waals surface area contributed by atoms with E-state index in [1.54, 1.807) is 4.68 Å². The van der Waals surface area contributed by atoms with Crippen LogP contribution in [0.15, 0.2) is 18.5 Å². The standard InChI is InChI=1S/C13H21N5/c1-10-12(9-17(5)15-10)18-7-6-11(16-18)8-14-13(2,3)4/h6-7,9,14H,8H2,1-5H3. The number of aryl methyl sites for hydroxylation is 2. The molecule has 18 heavy (non-hydrogen) atoms. The van der Waals surface area contributed by atoms with E-state index in [0.29, 0.717) is 0 Å². The first-order chi connectivity index (χ1) is 8.35. The zero-order chi connectivity index (χ0) is 13.3. The van der Waals surface area contributed by atoms with Gasteiger partial charge >= 0.3 is 0 Å². The first-order valence-corrected chi connectivity index (χ1v) is 6.15. The van der Waals surface area contributed by atoms with Crippen molar-refractivity contribution >= 4 is 0 Å². The summed E-state index contributed by atoms with van der Waals surface area (Å²) >= 11 is 0. The van der Waals surface area contributed by atoms with E-state index in [4.69, 9.17) is 0 Å². The lowest BCUT2D eigenvalue weighted by Gasteiger charge is -2.19. The zero-order valence-corrected chi connectivity index (χ0v) is 11.7. The molecule has 0 aliphatic rings. The van der Waals surface area contributed by atoms with Crippen molar-refractivity contribution in [1.82, 2.24) is 24.9 Å². The Balaban J connectivity index is 2.13. The summed E-state index contributed by atoms with van der Waals surface area (Å²) in [5, 5.41) is 12.3. The number of aromatic nitrogens is 4. The average Bonchev–Trinajstić information content (AvgIpc) is 2.81. The molecule has 0 aromatic carbocycles. The number of hydrogen-bond acceptors (Lipinski definition) is 3. The minimum atomic E-state index is 0.105. The molecule has 0 aliphatic carbocycles. The molecule has 0 bridgehead atoms. The maximum absolute atomic E-state index is 4.56.